The third kappa shape index (κ3) is 4.03. The van der Waals surface area contributed by atoms with Gasteiger partial charge in [-0.05, 0) is 23.3 Å². The number of amides is 1. The third-order valence-electron chi connectivity index (χ3n) is 4.43. The van der Waals surface area contributed by atoms with Crippen LogP contribution in [0, 0.1) is 0 Å². The van der Waals surface area contributed by atoms with Gasteiger partial charge in [-0.2, -0.15) is 0 Å². The van der Waals surface area contributed by atoms with E-state index in [1.54, 1.807) is 6.07 Å². The maximum Gasteiger partial charge on any atom is 0.270 e. The zero-order chi connectivity index (χ0) is 19.3. The molecule has 2 aromatic carbocycles. The van der Waals surface area contributed by atoms with Crippen LogP contribution in [-0.2, 0) is 13.1 Å². The van der Waals surface area contributed by atoms with Gasteiger partial charge in [-0.1, -0.05) is 36.4 Å². The molecule has 0 bridgehead atoms. The molecular formula is C21H20N4O3. The average molecular weight is 376 g/mol. The summed E-state index contributed by atoms with van der Waals surface area (Å²) in [6.07, 6.45) is 1.41. The molecule has 1 amide bonds. The molecule has 0 spiro atoms. The van der Waals surface area contributed by atoms with Crippen molar-refractivity contribution in [3.8, 4) is 11.5 Å². The molecule has 0 fully saturated rings. The highest BCUT2D eigenvalue weighted by Gasteiger charge is 2.15. The van der Waals surface area contributed by atoms with Crippen LogP contribution < -0.4 is 19.7 Å². The maximum absolute atomic E-state index is 12.5. The quantitative estimate of drug-likeness (QED) is 0.713. The minimum Gasteiger partial charge on any atom is -0.454 e. The average Bonchev–Trinajstić information content (AvgIpc) is 3.20. The largest absolute Gasteiger partial charge is 0.454 e. The van der Waals surface area contributed by atoms with E-state index in [2.05, 4.69) is 27.4 Å². The lowest BCUT2D eigenvalue weighted by atomic mass is 10.2. The summed E-state index contributed by atoms with van der Waals surface area (Å²) in [5.74, 6) is 1.84. The molecule has 1 aliphatic heterocycles. The number of aromatic nitrogens is 2. The van der Waals surface area contributed by atoms with Crippen LogP contribution in [0.3, 0.4) is 0 Å². The second kappa shape index (κ2) is 7.96. The van der Waals surface area contributed by atoms with Gasteiger partial charge in [0.15, 0.2) is 11.5 Å². The van der Waals surface area contributed by atoms with Gasteiger partial charge < -0.3 is 19.7 Å². The van der Waals surface area contributed by atoms with Crippen molar-refractivity contribution >= 4 is 11.7 Å². The van der Waals surface area contributed by atoms with E-state index >= 15 is 0 Å². The number of hydrogen-bond acceptors (Lipinski definition) is 6. The number of carbonyl (C=O) groups excluding carboxylic acids is 1. The minimum absolute atomic E-state index is 0.228. The van der Waals surface area contributed by atoms with Crippen LogP contribution in [0.4, 0.5) is 5.82 Å². The van der Waals surface area contributed by atoms with Gasteiger partial charge in [0.25, 0.3) is 5.91 Å². The molecule has 7 heteroatoms. The monoisotopic (exact) mass is 376 g/mol. The van der Waals surface area contributed by atoms with Crippen LogP contribution >= 0.6 is 0 Å². The number of benzene rings is 2. The number of fused-ring (bicyclic) bond motifs is 1. The van der Waals surface area contributed by atoms with Crippen molar-refractivity contribution in [2.75, 3.05) is 18.7 Å². The molecule has 0 atom stereocenters. The first-order valence-electron chi connectivity index (χ1n) is 8.93. The van der Waals surface area contributed by atoms with Crippen LogP contribution in [0.5, 0.6) is 11.5 Å². The van der Waals surface area contributed by atoms with Crippen LogP contribution in [0.1, 0.15) is 21.6 Å². The molecular weight excluding hydrogens is 356 g/mol. The van der Waals surface area contributed by atoms with Crippen molar-refractivity contribution in [3.05, 3.63) is 77.7 Å². The Hall–Kier alpha value is -3.61. The third-order valence-corrected chi connectivity index (χ3v) is 4.43. The van der Waals surface area contributed by atoms with Gasteiger partial charge in [-0.3, -0.25) is 4.79 Å². The highest BCUT2D eigenvalue weighted by atomic mass is 16.7. The molecule has 1 N–H and O–H groups in total. The van der Waals surface area contributed by atoms with Gasteiger partial charge >= 0.3 is 0 Å². The summed E-state index contributed by atoms with van der Waals surface area (Å²) in [6.45, 7) is 1.29. The zero-order valence-electron chi connectivity index (χ0n) is 15.5. The summed E-state index contributed by atoms with van der Waals surface area (Å²) in [6, 6.07) is 17.4. The van der Waals surface area contributed by atoms with E-state index in [1.165, 1.54) is 6.33 Å². The first-order valence-corrected chi connectivity index (χ1v) is 8.93. The zero-order valence-corrected chi connectivity index (χ0v) is 15.5. The highest BCUT2D eigenvalue weighted by molar-refractivity contribution is 5.92. The van der Waals surface area contributed by atoms with Crippen molar-refractivity contribution in [1.29, 1.82) is 0 Å². The van der Waals surface area contributed by atoms with Crippen molar-refractivity contribution in [3.63, 3.8) is 0 Å². The molecule has 142 valence electrons. The standard InChI is InChI=1S/C21H20N4O3/c1-25(12-15-5-3-2-4-6-15)20-10-17(23-13-24-20)21(26)22-11-16-7-8-18-19(9-16)28-14-27-18/h2-10,13H,11-12,14H2,1H3,(H,22,26). The Kier molecular flexibility index (Phi) is 5.05. The molecule has 0 unspecified atom stereocenters. The fourth-order valence-corrected chi connectivity index (χ4v) is 2.94. The normalized spacial score (nSPS) is 11.9. The van der Waals surface area contributed by atoms with Crippen LogP contribution in [-0.4, -0.2) is 29.7 Å². The fourth-order valence-electron chi connectivity index (χ4n) is 2.94. The summed E-state index contributed by atoms with van der Waals surface area (Å²) in [5, 5.41) is 2.88. The Balaban J connectivity index is 1.40. The van der Waals surface area contributed by atoms with Gasteiger partial charge in [-0.25, -0.2) is 9.97 Å². The number of hydrogen-bond donors (Lipinski definition) is 1. The van der Waals surface area contributed by atoms with Gasteiger partial charge in [0.05, 0.1) is 0 Å². The predicted octanol–water partition coefficient (Wildman–Crippen LogP) is 2.77. The lowest BCUT2D eigenvalue weighted by Gasteiger charge is -2.18. The summed E-state index contributed by atoms with van der Waals surface area (Å²) in [4.78, 5) is 22.9. The summed E-state index contributed by atoms with van der Waals surface area (Å²) in [7, 11) is 1.93. The van der Waals surface area contributed by atoms with Crippen molar-refractivity contribution in [1.82, 2.24) is 15.3 Å². The van der Waals surface area contributed by atoms with Crippen LogP contribution in [0.2, 0.25) is 0 Å². The van der Waals surface area contributed by atoms with E-state index in [0.29, 0.717) is 30.4 Å². The molecule has 7 nitrogen and oxygen atoms in total. The molecule has 0 saturated heterocycles. The Bertz CT molecular complexity index is 978. The molecule has 1 aromatic heterocycles. The van der Waals surface area contributed by atoms with E-state index in [4.69, 9.17) is 9.47 Å². The maximum atomic E-state index is 12.5. The lowest BCUT2D eigenvalue weighted by molar-refractivity contribution is 0.0945. The van der Waals surface area contributed by atoms with Crippen molar-refractivity contribution in [2.45, 2.75) is 13.1 Å². The number of ether oxygens (including phenoxy) is 2. The Morgan fingerprint density at radius 1 is 1.04 bits per heavy atom. The second-order valence-corrected chi connectivity index (χ2v) is 6.47. The molecule has 28 heavy (non-hydrogen) atoms. The van der Waals surface area contributed by atoms with Gasteiger partial charge in [-0.15, -0.1) is 0 Å². The van der Waals surface area contributed by atoms with Gasteiger partial charge in [0.1, 0.15) is 17.8 Å². The summed E-state index contributed by atoms with van der Waals surface area (Å²) >= 11 is 0. The van der Waals surface area contributed by atoms with E-state index < -0.39 is 0 Å². The van der Waals surface area contributed by atoms with Crippen molar-refractivity contribution < 1.29 is 14.3 Å². The Morgan fingerprint density at radius 2 is 1.86 bits per heavy atom. The molecule has 0 radical (unpaired) electrons. The summed E-state index contributed by atoms with van der Waals surface area (Å²) in [5.41, 5.74) is 2.41. The predicted molar refractivity (Wildman–Crippen MR) is 104 cm³/mol. The highest BCUT2D eigenvalue weighted by Crippen LogP contribution is 2.32. The number of nitrogens with one attached hydrogen (secondary N) is 1. The minimum atomic E-state index is -0.255. The summed E-state index contributed by atoms with van der Waals surface area (Å²) < 4.78 is 10.7. The number of carbonyl (C=O) groups is 1. The number of rotatable bonds is 6. The van der Waals surface area contributed by atoms with E-state index in [-0.39, 0.29) is 12.7 Å². The van der Waals surface area contributed by atoms with E-state index in [1.807, 2.05) is 48.3 Å². The van der Waals surface area contributed by atoms with Gasteiger partial charge in [0, 0.05) is 26.2 Å². The molecule has 3 aromatic rings. The fraction of sp³-hybridized carbons (Fsp3) is 0.190. The number of anilines is 1. The topological polar surface area (TPSA) is 76.6 Å². The molecule has 4 rings (SSSR count). The molecule has 0 aliphatic carbocycles. The first-order chi connectivity index (χ1) is 13.7. The SMILES string of the molecule is CN(Cc1ccccc1)c1cc(C(=O)NCc2ccc3c(c2)OCO3)ncn1. The Morgan fingerprint density at radius 3 is 2.71 bits per heavy atom. The van der Waals surface area contributed by atoms with Crippen LogP contribution in [0.25, 0.3) is 0 Å². The second-order valence-electron chi connectivity index (χ2n) is 6.47. The Labute approximate surface area is 163 Å². The molecule has 1 aliphatic rings. The molecule has 2 heterocycles. The lowest BCUT2D eigenvalue weighted by Crippen LogP contribution is -2.25. The smallest absolute Gasteiger partial charge is 0.270 e. The molecule has 0 saturated carbocycles. The number of nitrogens with zero attached hydrogens (tertiary/aromatic N) is 3. The van der Waals surface area contributed by atoms with E-state index in [9.17, 15) is 4.79 Å². The van der Waals surface area contributed by atoms with Gasteiger partial charge in [0.2, 0.25) is 6.79 Å². The van der Waals surface area contributed by atoms with Crippen LogP contribution in [0.15, 0.2) is 60.9 Å². The van der Waals surface area contributed by atoms with Crippen molar-refractivity contribution in [2.24, 2.45) is 0 Å². The van der Waals surface area contributed by atoms with E-state index in [0.717, 1.165) is 16.9 Å². The first kappa shape index (κ1) is 17.8.